The summed E-state index contributed by atoms with van der Waals surface area (Å²) in [5.41, 5.74) is 8.60. The zero-order valence-electron chi connectivity index (χ0n) is 18.7. The van der Waals surface area contributed by atoms with Gasteiger partial charge in [0.2, 0.25) is 0 Å². The lowest BCUT2D eigenvalue weighted by Crippen LogP contribution is -2.32. The number of hydrogen-bond donors (Lipinski definition) is 0. The summed E-state index contributed by atoms with van der Waals surface area (Å²) in [6.45, 7) is 8.62. The zero-order valence-corrected chi connectivity index (χ0v) is 18.7. The largest absolute Gasteiger partial charge is 0.376 e. The zero-order chi connectivity index (χ0) is 20.5. The molecule has 1 saturated heterocycles. The second-order valence-corrected chi connectivity index (χ2v) is 9.26. The summed E-state index contributed by atoms with van der Waals surface area (Å²) in [5, 5.41) is 0. The summed E-state index contributed by atoms with van der Waals surface area (Å²) in [5.74, 6) is 0. The monoisotopic (exact) mass is 404 g/mol. The average molecular weight is 405 g/mol. The van der Waals surface area contributed by atoms with Crippen LogP contribution in [0.15, 0.2) is 36.4 Å². The maximum atomic E-state index is 5.91. The second-order valence-electron chi connectivity index (χ2n) is 9.26. The van der Waals surface area contributed by atoms with Crippen LogP contribution in [0.3, 0.4) is 0 Å². The van der Waals surface area contributed by atoms with Gasteiger partial charge in [-0.25, -0.2) is 0 Å². The van der Waals surface area contributed by atoms with Crippen LogP contribution in [0, 0.1) is 0 Å². The Morgan fingerprint density at radius 1 is 0.833 bits per heavy atom. The normalized spacial score (nSPS) is 20.4. The molecular formula is C27H36N2O. The Kier molecular flexibility index (Phi) is 5.73. The first-order valence-electron chi connectivity index (χ1n) is 12.2. The van der Waals surface area contributed by atoms with Gasteiger partial charge in [0.25, 0.3) is 0 Å². The van der Waals surface area contributed by atoms with Crippen molar-refractivity contribution in [1.82, 2.24) is 0 Å². The molecule has 0 aromatic heterocycles. The Balaban J connectivity index is 1.44. The molecule has 0 spiro atoms. The van der Waals surface area contributed by atoms with Crippen molar-refractivity contribution in [2.24, 2.45) is 0 Å². The fraction of sp³-hybridized carbons (Fsp3) is 0.556. The minimum Gasteiger partial charge on any atom is -0.376 e. The van der Waals surface area contributed by atoms with E-state index in [1.807, 2.05) is 0 Å². The molecule has 1 atom stereocenters. The van der Waals surface area contributed by atoms with E-state index in [1.165, 1.54) is 72.2 Å². The minimum absolute atomic E-state index is 0.390. The maximum Gasteiger partial charge on any atom is 0.0750 e. The van der Waals surface area contributed by atoms with Crippen molar-refractivity contribution in [2.75, 3.05) is 36.0 Å². The molecule has 2 fully saturated rings. The smallest absolute Gasteiger partial charge is 0.0750 e. The molecule has 2 aliphatic carbocycles. The van der Waals surface area contributed by atoms with E-state index < -0.39 is 0 Å². The summed E-state index contributed by atoms with van der Waals surface area (Å²) < 4.78 is 5.91. The average Bonchev–Trinajstić information content (AvgIpc) is 3.53. The van der Waals surface area contributed by atoms with Crippen LogP contribution < -0.4 is 9.80 Å². The molecule has 2 aromatic carbocycles. The van der Waals surface area contributed by atoms with Crippen molar-refractivity contribution >= 4 is 11.4 Å². The predicted molar refractivity (Wildman–Crippen MR) is 127 cm³/mol. The molecule has 5 rings (SSSR count). The molecule has 1 unspecified atom stereocenters. The first-order valence-corrected chi connectivity index (χ1v) is 12.2. The summed E-state index contributed by atoms with van der Waals surface area (Å²) in [7, 11) is 0. The number of hydrogen-bond acceptors (Lipinski definition) is 3. The van der Waals surface area contributed by atoms with E-state index in [0.717, 1.165) is 38.7 Å². The van der Waals surface area contributed by atoms with E-state index in [4.69, 9.17) is 4.74 Å². The Morgan fingerprint density at radius 3 is 2.17 bits per heavy atom. The lowest BCUT2D eigenvalue weighted by Gasteiger charge is -2.30. The highest BCUT2D eigenvalue weighted by Crippen LogP contribution is 2.41. The molecule has 1 saturated carbocycles. The summed E-state index contributed by atoms with van der Waals surface area (Å²) in [4.78, 5) is 5.14. The quantitative estimate of drug-likeness (QED) is 0.478. The number of anilines is 2. The van der Waals surface area contributed by atoms with Gasteiger partial charge in [0.05, 0.1) is 6.10 Å². The van der Waals surface area contributed by atoms with Crippen LogP contribution in [0.5, 0.6) is 0 Å². The van der Waals surface area contributed by atoms with Gasteiger partial charge in [0.1, 0.15) is 0 Å². The summed E-state index contributed by atoms with van der Waals surface area (Å²) >= 11 is 0. The van der Waals surface area contributed by atoms with Gasteiger partial charge in [-0.15, -0.1) is 0 Å². The van der Waals surface area contributed by atoms with E-state index in [9.17, 15) is 0 Å². The first kappa shape index (κ1) is 19.9. The molecule has 3 heteroatoms. The van der Waals surface area contributed by atoms with Crippen molar-refractivity contribution in [3.8, 4) is 11.1 Å². The molecule has 2 aromatic rings. The van der Waals surface area contributed by atoms with E-state index >= 15 is 0 Å². The molecule has 3 nitrogen and oxygen atoms in total. The predicted octanol–water partition coefficient (Wildman–Crippen LogP) is 6.03. The second kappa shape index (κ2) is 8.63. The van der Waals surface area contributed by atoms with Gasteiger partial charge >= 0.3 is 0 Å². The Hall–Kier alpha value is -2.00. The van der Waals surface area contributed by atoms with Gasteiger partial charge in [-0.2, -0.15) is 0 Å². The topological polar surface area (TPSA) is 15.7 Å². The standard InChI is InChI=1S/C27H36N2O/c1-3-28(19-25-10-7-15-30-25)23-13-11-20-16-21-12-14-24(18-27(21)26(20)17-23)29(4-2)22-8-5-6-9-22/h11-14,17-18,22,25H,3-10,15-16,19H2,1-2H3. The highest BCUT2D eigenvalue weighted by molar-refractivity contribution is 5.82. The first-order chi connectivity index (χ1) is 14.8. The van der Waals surface area contributed by atoms with E-state index in [1.54, 1.807) is 0 Å². The third-order valence-electron chi connectivity index (χ3n) is 7.49. The fourth-order valence-corrected chi connectivity index (χ4v) is 5.84. The third kappa shape index (κ3) is 3.73. The highest BCUT2D eigenvalue weighted by atomic mass is 16.5. The van der Waals surface area contributed by atoms with Gasteiger partial charge in [-0.1, -0.05) is 25.0 Å². The highest BCUT2D eigenvalue weighted by Gasteiger charge is 2.25. The Morgan fingerprint density at radius 2 is 1.53 bits per heavy atom. The molecule has 30 heavy (non-hydrogen) atoms. The van der Waals surface area contributed by atoms with E-state index in [2.05, 4.69) is 60.0 Å². The van der Waals surface area contributed by atoms with Crippen LogP contribution >= 0.6 is 0 Å². The SMILES string of the molecule is CCN(CC1CCCO1)c1ccc2c(c1)-c1cc(N(CC)C3CCCC3)ccc1C2. The maximum absolute atomic E-state index is 5.91. The molecule has 3 aliphatic rings. The van der Waals surface area contributed by atoms with Gasteiger partial charge in [0.15, 0.2) is 0 Å². The van der Waals surface area contributed by atoms with Crippen LogP contribution in [-0.4, -0.2) is 38.4 Å². The van der Waals surface area contributed by atoms with Crippen LogP contribution in [-0.2, 0) is 11.2 Å². The van der Waals surface area contributed by atoms with Gasteiger partial charge < -0.3 is 14.5 Å². The number of likely N-dealkylation sites (N-methyl/N-ethyl adjacent to an activating group) is 1. The fourth-order valence-electron chi connectivity index (χ4n) is 5.84. The van der Waals surface area contributed by atoms with Crippen LogP contribution in [0.2, 0.25) is 0 Å². The molecule has 0 amide bonds. The van der Waals surface area contributed by atoms with Gasteiger partial charge in [0, 0.05) is 43.7 Å². The number of benzene rings is 2. The molecule has 0 N–H and O–H groups in total. The van der Waals surface area contributed by atoms with Crippen LogP contribution in [0.4, 0.5) is 11.4 Å². The van der Waals surface area contributed by atoms with Crippen molar-refractivity contribution in [3.05, 3.63) is 47.5 Å². The van der Waals surface area contributed by atoms with Crippen LogP contribution in [0.25, 0.3) is 11.1 Å². The van der Waals surface area contributed by atoms with Gasteiger partial charge in [-0.3, -0.25) is 0 Å². The number of ether oxygens (including phenoxy) is 1. The Labute approximate surface area is 182 Å². The van der Waals surface area contributed by atoms with Crippen molar-refractivity contribution < 1.29 is 4.74 Å². The van der Waals surface area contributed by atoms with Crippen molar-refractivity contribution in [3.63, 3.8) is 0 Å². The number of nitrogens with zero attached hydrogens (tertiary/aromatic N) is 2. The number of fused-ring (bicyclic) bond motifs is 3. The van der Waals surface area contributed by atoms with Crippen LogP contribution in [0.1, 0.15) is 63.5 Å². The van der Waals surface area contributed by atoms with Gasteiger partial charge in [-0.05, 0) is 92.5 Å². The summed E-state index contributed by atoms with van der Waals surface area (Å²) in [6.07, 6.45) is 9.33. The summed E-state index contributed by atoms with van der Waals surface area (Å²) in [6, 6.07) is 15.1. The van der Waals surface area contributed by atoms with Crippen molar-refractivity contribution in [2.45, 2.75) is 70.9 Å². The Bertz CT molecular complexity index is 880. The minimum atomic E-state index is 0.390. The lowest BCUT2D eigenvalue weighted by atomic mass is 10.0. The molecular weight excluding hydrogens is 368 g/mol. The van der Waals surface area contributed by atoms with E-state index in [0.29, 0.717) is 6.10 Å². The molecule has 0 radical (unpaired) electrons. The van der Waals surface area contributed by atoms with E-state index in [-0.39, 0.29) is 0 Å². The lowest BCUT2D eigenvalue weighted by molar-refractivity contribution is 0.115. The third-order valence-corrected chi connectivity index (χ3v) is 7.49. The number of rotatable bonds is 7. The molecule has 0 bridgehead atoms. The van der Waals surface area contributed by atoms with Crippen molar-refractivity contribution in [1.29, 1.82) is 0 Å². The molecule has 160 valence electrons. The molecule has 1 heterocycles. The molecule has 1 aliphatic heterocycles.